The number of morpholine rings is 1. The Morgan fingerprint density at radius 1 is 1.25 bits per heavy atom. The first-order valence-electron chi connectivity index (χ1n) is 7.09. The summed E-state index contributed by atoms with van der Waals surface area (Å²) >= 11 is 6.16. The number of carbonyl (C=O) groups is 1. The minimum absolute atomic E-state index is 0.0404. The third-order valence-electron chi connectivity index (χ3n) is 3.65. The minimum atomic E-state index is -4.59. The van der Waals surface area contributed by atoms with E-state index in [1.807, 2.05) is 0 Å². The molecule has 1 aromatic rings. The third-order valence-corrected chi connectivity index (χ3v) is 3.94. The second-order valence-electron chi connectivity index (χ2n) is 5.20. The molecule has 10 heteroatoms. The van der Waals surface area contributed by atoms with Gasteiger partial charge in [0, 0.05) is 18.7 Å². The molecule has 6 nitrogen and oxygen atoms in total. The van der Waals surface area contributed by atoms with E-state index >= 15 is 0 Å². The Balaban J connectivity index is 2.05. The van der Waals surface area contributed by atoms with Gasteiger partial charge in [-0.2, -0.15) is 18.3 Å². The van der Waals surface area contributed by atoms with Crippen LogP contribution < -0.4 is 10.3 Å². The molecule has 1 amide bonds. The first-order chi connectivity index (χ1) is 11.4. The molecule has 0 spiro atoms. The van der Waals surface area contributed by atoms with Crippen molar-refractivity contribution in [1.29, 1.82) is 0 Å². The lowest BCUT2D eigenvalue weighted by atomic mass is 10.0. The molecule has 3 rings (SSSR count). The number of cyclic esters (lactones) is 1. The molecule has 1 saturated heterocycles. The molecular weight excluding hydrogens is 351 g/mol. The highest BCUT2D eigenvalue weighted by molar-refractivity contribution is 6.34. The quantitative estimate of drug-likeness (QED) is 0.877. The van der Waals surface area contributed by atoms with E-state index in [9.17, 15) is 18.0 Å². The van der Waals surface area contributed by atoms with E-state index in [-0.39, 0.29) is 28.6 Å². The first-order valence-corrected chi connectivity index (χ1v) is 7.47. The first kappa shape index (κ1) is 16.8. The number of hydrazone groups is 1. The number of anilines is 1. The lowest BCUT2D eigenvalue weighted by molar-refractivity contribution is -0.137. The number of amides is 1. The Labute approximate surface area is 140 Å². The van der Waals surface area contributed by atoms with Gasteiger partial charge in [0.05, 0.1) is 29.5 Å². The molecule has 2 aliphatic rings. The van der Waals surface area contributed by atoms with Gasteiger partial charge in [-0.25, -0.2) is 10.2 Å². The Kier molecular flexibility index (Phi) is 4.55. The summed E-state index contributed by atoms with van der Waals surface area (Å²) in [6.07, 6.45) is -5.35. The Morgan fingerprint density at radius 3 is 2.54 bits per heavy atom. The number of rotatable bonds is 2. The molecule has 2 aliphatic heterocycles. The van der Waals surface area contributed by atoms with Crippen molar-refractivity contribution in [3.8, 4) is 0 Å². The SMILES string of the molecule is O=C1NN=C(c2cc(Cl)c(N3CCOCC3)c(C(F)(F)F)c2)CO1. The zero-order valence-electron chi connectivity index (χ0n) is 12.3. The summed E-state index contributed by atoms with van der Waals surface area (Å²) in [6.45, 7) is 1.09. The Hall–Kier alpha value is -2.00. The maximum absolute atomic E-state index is 13.5. The topological polar surface area (TPSA) is 63.2 Å². The van der Waals surface area contributed by atoms with Crippen molar-refractivity contribution in [2.45, 2.75) is 6.18 Å². The monoisotopic (exact) mass is 363 g/mol. The molecule has 0 aromatic heterocycles. The van der Waals surface area contributed by atoms with E-state index < -0.39 is 17.8 Å². The van der Waals surface area contributed by atoms with Crippen LogP contribution in [-0.4, -0.2) is 44.7 Å². The van der Waals surface area contributed by atoms with Gasteiger partial charge in [0.2, 0.25) is 0 Å². The van der Waals surface area contributed by atoms with E-state index in [1.54, 1.807) is 4.90 Å². The summed E-state index contributed by atoms with van der Waals surface area (Å²) in [5.41, 5.74) is 1.44. The molecule has 0 bridgehead atoms. The Bertz CT molecular complexity index is 688. The van der Waals surface area contributed by atoms with Crippen molar-refractivity contribution in [3.05, 3.63) is 28.3 Å². The molecule has 1 fully saturated rings. The average Bonchev–Trinajstić information content (AvgIpc) is 2.55. The number of carbonyl (C=O) groups excluding carboxylic acids is 1. The predicted octanol–water partition coefficient (Wildman–Crippen LogP) is 2.64. The van der Waals surface area contributed by atoms with Crippen LogP contribution in [0, 0.1) is 0 Å². The van der Waals surface area contributed by atoms with Crippen LogP contribution >= 0.6 is 11.6 Å². The van der Waals surface area contributed by atoms with E-state index in [0.29, 0.717) is 26.3 Å². The number of benzene rings is 1. The second-order valence-corrected chi connectivity index (χ2v) is 5.61. The van der Waals surface area contributed by atoms with E-state index in [1.165, 1.54) is 6.07 Å². The van der Waals surface area contributed by atoms with Crippen LogP contribution in [0.5, 0.6) is 0 Å². The number of hydrogen-bond donors (Lipinski definition) is 1. The maximum atomic E-state index is 13.5. The molecular formula is C14H13ClF3N3O3. The van der Waals surface area contributed by atoms with Gasteiger partial charge in [-0.05, 0) is 12.1 Å². The zero-order valence-corrected chi connectivity index (χ0v) is 13.1. The standard InChI is InChI=1S/C14H13ClF3N3O3/c15-10-6-8(11-7-24-13(22)20-19-11)5-9(14(16,17)18)12(10)21-1-3-23-4-2-21/h5-6H,1-4,7H2,(H,20,22). The molecule has 0 unspecified atom stereocenters. The second kappa shape index (κ2) is 6.48. The van der Waals surface area contributed by atoms with Crippen LogP contribution in [0.4, 0.5) is 23.7 Å². The van der Waals surface area contributed by atoms with Gasteiger partial charge in [0.1, 0.15) is 12.3 Å². The summed E-state index contributed by atoms with van der Waals surface area (Å²) in [5, 5.41) is 3.68. The molecule has 2 heterocycles. The highest BCUT2D eigenvalue weighted by atomic mass is 35.5. The van der Waals surface area contributed by atoms with E-state index in [4.69, 9.17) is 21.1 Å². The summed E-state index contributed by atoms with van der Waals surface area (Å²) in [7, 11) is 0. The van der Waals surface area contributed by atoms with Crippen LogP contribution in [0.1, 0.15) is 11.1 Å². The fraction of sp³-hybridized carbons (Fsp3) is 0.429. The highest BCUT2D eigenvalue weighted by Gasteiger charge is 2.37. The van der Waals surface area contributed by atoms with Crippen LogP contribution in [0.15, 0.2) is 17.2 Å². The summed E-state index contributed by atoms with van der Waals surface area (Å²) in [5.74, 6) is 0. The van der Waals surface area contributed by atoms with E-state index in [0.717, 1.165) is 6.07 Å². The number of hydrogen-bond acceptors (Lipinski definition) is 5. The number of nitrogens with zero attached hydrogens (tertiary/aromatic N) is 2. The van der Waals surface area contributed by atoms with Crippen molar-refractivity contribution >= 4 is 29.1 Å². The molecule has 0 atom stereocenters. The van der Waals surface area contributed by atoms with Gasteiger partial charge in [-0.1, -0.05) is 11.6 Å². The summed E-state index contributed by atoms with van der Waals surface area (Å²) in [6, 6.07) is 2.36. The van der Waals surface area contributed by atoms with Gasteiger partial charge in [-0.15, -0.1) is 0 Å². The third kappa shape index (κ3) is 3.41. The lowest BCUT2D eigenvalue weighted by Crippen LogP contribution is -2.38. The van der Waals surface area contributed by atoms with Crippen LogP contribution in [0.25, 0.3) is 0 Å². The van der Waals surface area contributed by atoms with Crippen LogP contribution in [0.2, 0.25) is 5.02 Å². The molecule has 130 valence electrons. The van der Waals surface area contributed by atoms with Crippen molar-refractivity contribution in [2.24, 2.45) is 5.10 Å². The zero-order chi connectivity index (χ0) is 17.3. The lowest BCUT2D eigenvalue weighted by Gasteiger charge is -2.32. The van der Waals surface area contributed by atoms with Gasteiger partial charge in [0.25, 0.3) is 0 Å². The smallest absolute Gasteiger partial charge is 0.428 e. The Morgan fingerprint density at radius 2 is 1.96 bits per heavy atom. The van der Waals surface area contributed by atoms with Gasteiger partial charge >= 0.3 is 12.3 Å². The van der Waals surface area contributed by atoms with E-state index in [2.05, 4.69) is 10.5 Å². The van der Waals surface area contributed by atoms with Crippen LogP contribution in [-0.2, 0) is 15.7 Å². The summed E-state index contributed by atoms with van der Waals surface area (Å²) < 4.78 is 50.5. The highest BCUT2D eigenvalue weighted by Crippen LogP contribution is 2.42. The average molecular weight is 364 g/mol. The van der Waals surface area contributed by atoms with Gasteiger partial charge < -0.3 is 14.4 Å². The van der Waals surface area contributed by atoms with Crippen molar-refractivity contribution in [3.63, 3.8) is 0 Å². The molecule has 0 saturated carbocycles. The van der Waals surface area contributed by atoms with Crippen molar-refractivity contribution in [2.75, 3.05) is 37.8 Å². The van der Waals surface area contributed by atoms with Crippen molar-refractivity contribution < 1.29 is 27.4 Å². The molecule has 0 radical (unpaired) electrons. The summed E-state index contributed by atoms with van der Waals surface area (Å²) in [4.78, 5) is 12.5. The normalized spacial score (nSPS) is 18.8. The number of ether oxygens (including phenoxy) is 2. The number of alkyl halides is 3. The number of halogens is 4. The molecule has 1 N–H and O–H groups in total. The van der Waals surface area contributed by atoms with Gasteiger partial charge in [-0.3, -0.25) is 0 Å². The molecule has 0 aliphatic carbocycles. The minimum Gasteiger partial charge on any atom is -0.442 e. The van der Waals surface area contributed by atoms with Crippen LogP contribution in [0.3, 0.4) is 0 Å². The molecule has 24 heavy (non-hydrogen) atoms. The predicted molar refractivity (Wildman–Crippen MR) is 80.5 cm³/mol. The van der Waals surface area contributed by atoms with Crippen molar-refractivity contribution in [1.82, 2.24) is 5.43 Å². The fourth-order valence-corrected chi connectivity index (χ4v) is 2.89. The number of nitrogens with one attached hydrogen (secondary N) is 1. The molecule has 1 aromatic carbocycles. The largest absolute Gasteiger partial charge is 0.442 e. The fourth-order valence-electron chi connectivity index (χ4n) is 2.55. The van der Waals surface area contributed by atoms with Gasteiger partial charge in [0.15, 0.2) is 0 Å². The maximum Gasteiger partial charge on any atom is 0.428 e.